The van der Waals surface area contributed by atoms with Gasteiger partial charge in [-0.25, -0.2) is 8.91 Å². The predicted molar refractivity (Wildman–Crippen MR) is 78.8 cm³/mol. The topological polar surface area (TPSA) is 26.5 Å². The van der Waals surface area contributed by atoms with Crippen molar-refractivity contribution in [1.29, 1.82) is 0 Å². The van der Waals surface area contributed by atoms with E-state index in [2.05, 4.69) is 18.1 Å². The van der Waals surface area contributed by atoms with Crippen LogP contribution in [0.2, 0.25) is 0 Å². The molecule has 0 aliphatic rings. The number of hydrogen-bond acceptors (Lipinski definition) is 2. The molecule has 2 rings (SSSR count). The Morgan fingerprint density at radius 2 is 2.25 bits per heavy atom. The van der Waals surface area contributed by atoms with Crippen LogP contribution in [0, 0.1) is 0 Å². The van der Waals surface area contributed by atoms with Crippen LogP contribution in [0.25, 0.3) is 5.52 Å². The summed E-state index contributed by atoms with van der Waals surface area (Å²) in [5.74, 6) is 0.743. The molecule has 0 amide bonds. The molecular formula is C16H21FN2O. The summed E-state index contributed by atoms with van der Waals surface area (Å²) in [4.78, 5) is 0. The highest BCUT2D eigenvalue weighted by atomic mass is 19.1. The molecule has 0 spiro atoms. The Morgan fingerprint density at radius 3 is 2.95 bits per heavy atom. The Morgan fingerprint density at radius 1 is 1.40 bits per heavy atom. The summed E-state index contributed by atoms with van der Waals surface area (Å²) < 4.78 is 19.9. The van der Waals surface area contributed by atoms with Crippen molar-refractivity contribution < 1.29 is 9.13 Å². The van der Waals surface area contributed by atoms with Gasteiger partial charge in [0.1, 0.15) is 12.4 Å². The van der Waals surface area contributed by atoms with Crippen LogP contribution in [-0.4, -0.2) is 16.2 Å². The summed E-state index contributed by atoms with van der Waals surface area (Å²) in [5.41, 5.74) is 2.76. The lowest BCUT2D eigenvalue weighted by atomic mass is 10.2. The lowest BCUT2D eigenvalue weighted by molar-refractivity contribution is 0.345. The third-order valence-corrected chi connectivity index (χ3v) is 3.30. The van der Waals surface area contributed by atoms with Gasteiger partial charge in [0.25, 0.3) is 0 Å². The Labute approximate surface area is 119 Å². The number of rotatable bonds is 7. The minimum Gasteiger partial charge on any atom is -0.489 e. The van der Waals surface area contributed by atoms with Gasteiger partial charge >= 0.3 is 0 Å². The molecule has 2 heterocycles. The quantitative estimate of drug-likeness (QED) is 0.753. The molecule has 3 nitrogen and oxygen atoms in total. The number of aromatic nitrogens is 2. The summed E-state index contributed by atoms with van der Waals surface area (Å²) in [6.45, 7) is 4.38. The van der Waals surface area contributed by atoms with E-state index in [1.54, 1.807) is 0 Å². The van der Waals surface area contributed by atoms with Gasteiger partial charge in [-0.1, -0.05) is 20.3 Å². The summed E-state index contributed by atoms with van der Waals surface area (Å²) in [6, 6.07) is 5.87. The van der Waals surface area contributed by atoms with Crippen molar-refractivity contribution in [3.05, 3.63) is 42.0 Å². The highest BCUT2D eigenvalue weighted by Gasteiger charge is 2.04. The van der Waals surface area contributed by atoms with E-state index in [0.29, 0.717) is 24.9 Å². The van der Waals surface area contributed by atoms with E-state index in [-0.39, 0.29) is 0 Å². The number of fused-ring (bicyclic) bond motifs is 1. The Hall–Kier alpha value is -1.84. The standard InChI is InChI=1S/C16H21FN2O/c1-3-5-6-14-9-15-10-16(7-8-19(15)18-14)20-12-13(4-2)11-17/h7-11H,3-6,12H2,1-2H3/b13-11+. The van der Waals surface area contributed by atoms with Crippen LogP contribution in [0.3, 0.4) is 0 Å². The maximum absolute atomic E-state index is 12.5. The van der Waals surface area contributed by atoms with Gasteiger partial charge in [-0.3, -0.25) is 0 Å². The molecule has 4 heteroatoms. The van der Waals surface area contributed by atoms with Crippen LogP contribution >= 0.6 is 0 Å². The van der Waals surface area contributed by atoms with Crippen LogP contribution in [0.5, 0.6) is 5.75 Å². The number of pyridine rings is 1. The fraction of sp³-hybridized carbons (Fsp3) is 0.438. The first-order valence-electron chi connectivity index (χ1n) is 7.16. The zero-order chi connectivity index (χ0) is 14.4. The maximum atomic E-state index is 12.5. The predicted octanol–water partition coefficient (Wildman–Crippen LogP) is 4.32. The first-order chi connectivity index (χ1) is 9.76. The molecule has 0 saturated carbocycles. The van der Waals surface area contributed by atoms with Crippen LogP contribution < -0.4 is 4.74 Å². The van der Waals surface area contributed by atoms with E-state index in [1.165, 1.54) is 0 Å². The van der Waals surface area contributed by atoms with Crippen molar-refractivity contribution in [3.8, 4) is 5.75 Å². The second-order valence-corrected chi connectivity index (χ2v) is 4.88. The maximum Gasteiger partial charge on any atom is 0.123 e. The fourth-order valence-corrected chi connectivity index (χ4v) is 1.98. The number of unbranched alkanes of at least 4 members (excludes halogenated alkanes) is 1. The van der Waals surface area contributed by atoms with Crippen LogP contribution in [0.4, 0.5) is 4.39 Å². The minimum atomic E-state index is 0.292. The van der Waals surface area contributed by atoms with Crippen LogP contribution in [0.1, 0.15) is 38.8 Å². The van der Waals surface area contributed by atoms with E-state index < -0.39 is 0 Å². The number of halogens is 1. The molecule has 0 radical (unpaired) electrons. The molecule has 0 bridgehead atoms. The first-order valence-corrected chi connectivity index (χ1v) is 7.16. The molecule has 0 saturated heterocycles. The third-order valence-electron chi connectivity index (χ3n) is 3.30. The summed E-state index contributed by atoms with van der Waals surface area (Å²) >= 11 is 0. The minimum absolute atomic E-state index is 0.292. The van der Waals surface area contributed by atoms with Crippen LogP contribution in [0.15, 0.2) is 36.3 Å². The average molecular weight is 276 g/mol. The zero-order valence-electron chi connectivity index (χ0n) is 12.1. The largest absolute Gasteiger partial charge is 0.489 e. The van der Waals surface area contributed by atoms with Crippen molar-refractivity contribution >= 4 is 5.52 Å². The van der Waals surface area contributed by atoms with E-state index in [0.717, 1.165) is 36.2 Å². The molecule has 2 aromatic rings. The SMILES string of the molecule is CCCCc1cc2cc(OC/C(=C/F)CC)ccn2n1. The Balaban J connectivity index is 2.08. The molecule has 20 heavy (non-hydrogen) atoms. The molecule has 108 valence electrons. The number of hydrogen-bond donors (Lipinski definition) is 0. The van der Waals surface area contributed by atoms with Gasteiger partial charge < -0.3 is 4.74 Å². The van der Waals surface area contributed by atoms with Gasteiger partial charge in [0.15, 0.2) is 0 Å². The van der Waals surface area contributed by atoms with Gasteiger partial charge in [0.2, 0.25) is 0 Å². The molecular weight excluding hydrogens is 255 g/mol. The van der Waals surface area contributed by atoms with Crippen molar-refractivity contribution in [1.82, 2.24) is 9.61 Å². The molecule has 0 fully saturated rings. The fourth-order valence-electron chi connectivity index (χ4n) is 1.98. The molecule has 0 aliphatic carbocycles. The van der Waals surface area contributed by atoms with Gasteiger partial charge in [0, 0.05) is 12.3 Å². The molecule has 0 aromatic carbocycles. The average Bonchev–Trinajstić information content (AvgIpc) is 2.88. The van der Waals surface area contributed by atoms with E-state index in [4.69, 9.17) is 4.74 Å². The van der Waals surface area contributed by atoms with Crippen molar-refractivity contribution in [2.24, 2.45) is 0 Å². The third kappa shape index (κ3) is 3.59. The van der Waals surface area contributed by atoms with Crippen LogP contribution in [-0.2, 0) is 6.42 Å². The number of aryl methyl sites for hydroxylation is 1. The van der Waals surface area contributed by atoms with Crippen molar-refractivity contribution in [2.75, 3.05) is 6.61 Å². The lowest BCUT2D eigenvalue weighted by Crippen LogP contribution is -2.00. The first kappa shape index (κ1) is 14.6. The Bertz CT molecular complexity index is 589. The van der Waals surface area contributed by atoms with Gasteiger partial charge in [0.05, 0.1) is 17.5 Å². The molecule has 0 atom stereocenters. The molecule has 0 N–H and O–H groups in total. The number of ether oxygens (including phenoxy) is 1. The molecule has 0 aliphatic heterocycles. The summed E-state index contributed by atoms with van der Waals surface area (Å²) in [5, 5.41) is 4.51. The molecule has 0 unspecified atom stereocenters. The van der Waals surface area contributed by atoms with Gasteiger partial charge in [-0.05, 0) is 37.0 Å². The number of nitrogens with zero attached hydrogens (tertiary/aromatic N) is 2. The highest BCUT2D eigenvalue weighted by molar-refractivity contribution is 5.51. The smallest absolute Gasteiger partial charge is 0.123 e. The van der Waals surface area contributed by atoms with Crippen molar-refractivity contribution in [3.63, 3.8) is 0 Å². The Kier molecular flexibility index (Phi) is 5.16. The van der Waals surface area contributed by atoms with Crippen molar-refractivity contribution in [2.45, 2.75) is 39.5 Å². The highest BCUT2D eigenvalue weighted by Crippen LogP contribution is 2.17. The second-order valence-electron chi connectivity index (χ2n) is 4.88. The van der Waals surface area contributed by atoms with E-state index in [1.807, 2.05) is 29.8 Å². The summed E-state index contributed by atoms with van der Waals surface area (Å²) in [7, 11) is 0. The normalized spacial score (nSPS) is 12.1. The van der Waals surface area contributed by atoms with Gasteiger partial charge in [-0.15, -0.1) is 0 Å². The van der Waals surface area contributed by atoms with E-state index in [9.17, 15) is 4.39 Å². The van der Waals surface area contributed by atoms with E-state index >= 15 is 0 Å². The van der Waals surface area contributed by atoms with Gasteiger partial charge in [-0.2, -0.15) is 5.10 Å². The second kappa shape index (κ2) is 7.08. The zero-order valence-corrected chi connectivity index (χ0v) is 12.1. The lowest BCUT2D eigenvalue weighted by Gasteiger charge is -2.07. The molecule has 2 aromatic heterocycles. The summed E-state index contributed by atoms with van der Waals surface area (Å²) in [6.07, 6.45) is 6.47. The monoisotopic (exact) mass is 276 g/mol.